The number of aryl methyl sites for hydroxylation is 2. The zero-order valence-electron chi connectivity index (χ0n) is 17.5. The predicted octanol–water partition coefficient (Wildman–Crippen LogP) is 4.89. The first-order valence-corrected chi connectivity index (χ1v) is 9.90. The lowest BCUT2D eigenvalue weighted by atomic mass is 10.0. The molecule has 0 aliphatic rings. The fraction of sp³-hybridized carbons (Fsp3) is 0.304. The third kappa shape index (κ3) is 4.73. The summed E-state index contributed by atoms with van der Waals surface area (Å²) in [5, 5.41) is 3.03. The summed E-state index contributed by atoms with van der Waals surface area (Å²) in [4.78, 5) is 26.6. The van der Waals surface area contributed by atoms with Crippen molar-refractivity contribution in [2.45, 2.75) is 33.6 Å². The van der Waals surface area contributed by atoms with Crippen molar-refractivity contribution in [2.75, 3.05) is 18.4 Å². The van der Waals surface area contributed by atoms with E-state index in [-0.39, 0.29) is 18.9 Å². The second kappa shape index (κ2) is 9.24. The van der Waals surface area contributed by atoms with Crippen LogP contribution in [-0.2, 0) is 16.0 Å². The van der Waals surface area contributed by atoms with Crippen LogP contribution < -0.4 is 5.32 Å². The van der Waals surface area contributed by atoms with Crippen LogP contribution in [0.2, 0.25) is 0 Å². The Morgan fingerprint density at radius 3 is 2.52 bits per heavy atom. The molecule has 1 aromatic heterocycles. The molecule has 1 N–H and O–H groups in total. The van der Waals surface area contributed by atoms with Gasteiger partial charge in [-0.05, 0) is 43.5 Å². The van der Waals surface area contributed by atoms with Gasteiger partial charge in [0.25, 0.3) is 0 Å². The maximum atomic E-state index is 13.8. The van der Waals surface area contributed by atoms with Crippen molar-refractivity contribution in [2.24, 2.45) is 0 Å². The highest BCUT2D eigenvalue weighted by atomic mass is 19.2. The van der Waals surface area contributed by atoms with Crippen LogP contribution in [0.5, 0.6) is 0 Å². The number of halogens is 3. The Morgan fingerprint density at radius 2 is 1.81 bits per heavy atom. The number of carbonyl (C=O) groups excluding carboxylic acids is 2. The van der Waals surface area contributed by atoms with Crippen LogP contribution in [0.4, 0.5) is 18.9 Å². The molecule has 164 valence electrons. The highest BCUT2D eigenvalue weighted by molar-refractivity contribution is 5.96. The first kappa shape index (κ1) is 22.4. The molecular formula is C23H23F3N2O3. The standard InChI is InChI=1S/C23H23F3N2O3/c1-4-9-28(11-19(29)27-18-8-7-17(24)21(25)22(18)26)20(30)10-15-12-31-23-14(3)13(2)5-6-16(15)23/h5-8,12H,4,9-11H2,1-3H3,(H,27,29). The Bertz CT molecular complexity index is 1140. The van der Waals surface area contributed by atoms with Gasteiger partial charge in [0.15, 0.2) is 17.5 Å². The molecule has 3 aromatic rings. The maximum Gasteiger partial charge on any atom is 0.244 e. The number of nitrogens with one attached hydrogen (secondary N) is 1. The number of nitrogens with zero attached hydrogens (tertiary/aromatic N) is 1. The van der Waals surface area contributed by atoms with Crippen LogP contribution >= 0.6 is 0 Å². The molecule has 0 bridgehead atoms. The number of carbonyl (C=O) groups is 2. The molecule has 0 atom stereocenters. The van der Waals surface area contributed by atoms with Crippen molar-refractivity contribution in [1.82, 2.24) is 4.90 Å². The number of anilines is 1. The molecule has 0 spiro atoms. The molecule has 0 radical (unpaired) electrons. The molecule has 0 saturated heterocycles. The van der Waals surface area contributed by atoms with Crippen LogP contribution in [0.3, 0.4) is 0 Å². The van der Waals surface area contributed by atoms with Gasteiger partial charge in [-0.25, -0.2) is 13.2 Å². The largest absolute Gasteiger partial charge is 0.464 e. The average molecular weight is 432 g/mol. The van der Waals surface area contributed by atoms with E-state index in [0.717, 1.165) is 34.2 Å². The van der Waals surface area contributed by atoms with Crippen molar-refractivity contribution >= 4 is 28.5 Å². The van der Waals surface area contributed by atoms with Crippen molar-refractivity contribution in [3.05, 3.63) is 64.7 Å². The Kier molecular flexibility index (Phi) is 6.68. The van der Waals surface area contributed by atoms with Crippen LogP contribution in [-0.4, -0.2) is 29.8 Å². The van der Waals surface area contributed by atoms with Crippen molar-refractivity contribution in [3.8, 4) is 0 Å². The minimum atomic E-state index is -1.67. The van der Waals surface area contributed by atoms with E-state index < -0.39 is 29.0 Å². The summed E-state index contributed by atoms with van der Waals surface area (Å²) in [7, 11) is 0. The van der Waals surface area contributed by atoms with Crippen LogP contribution in [0, 0.1) is 31.3 Å². The van der Waals surface area contributed by atoms with E-state index in [1.54, 1.807) is 0 Å². The van der Waals surface area contributed by atoms with Gasteiger partial charge in [-0.15, -0.1) is 0 Å². The third-order valence-electron chi connectivity index (χ3n) is 5.17. The number of rotatable bonds is 7. The highest BCUT2D eigenvalue weighted by Gasteiger charge is 2.21. The van der Waals surface area contributed by atoms with Crippen molar-refractivity contribution in [1.29, 1.82) is 0 Å². The van der Waals surface area contributed by atoms with Crippen LogP contribution in [0.1, 0.15) is 30.0 Å². The molecule has 0 aliphatic heterocycles. The van der Waals surface area contributed by atoms with E-state index in [9.17, 15) is 22.8 Å². The Labute approximate surface area is 177 Å². The van der Waals surface area contributed by atoms with E-state index >= 15 is 0 Å². The smallest absolute Gasteiger partial charge is 0.244 e. The Hall–Kier alpha value is -3.29. The fourth-order valence-electron chi connectivity index (χ4n) is 3.35. The Balaban J connectivity index is 1.73. The number of fused-ring (bicyclic) bond motifs is 1. The van der Waals surface area contributed by atoms with Gasteiger partial charge < -0.3 is 14.6 Å². The third-order valence-corrected chi connectivity index (χ3v) is 5.17. The molecule has 3 rings (SSSR count). The minimum Gasteiger partial charge on any atom is -0.464 e. The van der Waals surface area contributed by atoms with E-state index in [1.807, 2.05) is 32.9 Å². The molecule has 0 unspecified atom stereocenters. The van der Waals surface area contributed by atoms with Crippen molar-refractivity contribution in [3.63, 3.8) is 0 Å². The number of furan rings is 1. The monoisotopic (exact) mass is 432 g/mol. The summed E-state index contributed by atoms with van der Waals surface area (Å²) in [6.45, 7) is 5.73. The van der Waals surface area contributed by atoms with Gasteiger partial charge in [0.1, 0.15) is 5.58 Å². The average Bonchev–Trinajstić information content (AvgIpc) is 3.14. The molecule has 2 aromatic carbocycles. The van der Waals surface area contributed by atoms with Gasteiger partial charge in [-0.1, -0.05) is 19.1 Å². The van der Waals surface area contributed by atoms with E-state index in [2.05, 4.69) is 5.32 Å². The van der Waals surface area contributed by atoms with E-state index in [0.29, 0.717) is 18.5 Å². The quantitative estimate of drug-likeness (QED) is 0.541. The predicted molar refractivity (Wildman–Crippen MR) is 111 cm³/mol. The lowest BCUT2D eigenvalue weighted by molar-refractivity contribution is -0.134. The summed E-state index contributed by atoms with van der Waals surface area (Å²) in [5.41, 5.74) is 3.01. The Morgan fingerprint density at radius 1 is 1.06 bits per heavy atom. The first-order chi connectivity index (χ1) is 14.7. The second-order valence-corrected chi connectivity index (χ2v) is 7.41. The zero-order chi connectivity index (χ0) is 22.7. The lowest BCUT2D eigenvalue weighted by Crippen LogP contribution is -2.39. The molecule has 31 heavy (non-hydrogen) atoms. The molecule has 8 heteroatoms. The summed E-state index contributed by atoms with van der Waals surface area (Å²) >= 11 is 0. The van der Waals surface area contributed by atoms with E-state index in [1.165, 1.54) is 11.2 Å². The maximum absolute atomic E-state index is 13.8. The molecule has 1 heterocycles. The van der Waals surface area contributed by atoms with Gasteiger partial charge in [-0.2, -0.15) is 0 Å². The summed E-state index contributed by atoms with van der Waals surface area (Å²) in [6.07, 6.45) is 2.17. The fourth-order valence-corrected chi connectivity index (χ4v) is 3.35. The second-order valence-electron chi connectivity index (χ2n) is 7.41. The number of amides is 2. The highest BCUT2D eigenvalue weighted by Crippen LogP contribution is 2.27. The zero-order valence-corrected chi connectivity index (χ0v) is 17.5. The lowest BCUT2D eigenvalue weighted by Gasteiger charge is -2.21. The number of hydrogen-bond donors (Lipinski definition) is 1. The SMILES string of the molecule is CCCN(CC(=O)Nc1ccc(F)c(F)c1F)C(=O)Cc1coc2c(C)c(C)ccc12. The topological polar surface area (TPSA) is 62.6 Å². The molecule has 5 nitrogen and oxygen atoms in total. The molecule has 0 fully saturated rings. The molecule has 2 amide bonds. The minimum absolute atomic E-state index is 0.0301. The summed E-state index contributed by atoms with van der Waals surface area (Å²) < 4.78 is 45.9. The molecule has 0 aliphatic carbocycles. The molecular weight excluding hydrogens is 409 g/mol. The summed E-state index contributed by atoms with van der Waals surface area (Å²) in [6, 6.07) is 5.50. The van der Waals surface area contributed by atoms with Gasteiger partial charge in [0.05, 0.1) is 24.9 Å². The first-order valence-electron chi connectivity index (χ1n) is 9.90. The van der Waals surface area contributed by atoms with Crippen LogP contribution in [0.25, 0.3) is 11.0 Å². The van der Waals surface area contributed by atoms with Gasteiger partial charge in [0, 0.05) is 17.5 Å². The van der Waals surface area contributed by atoms with Gasteiger partial charge in [-0.3, -0.25) is 9.59 Å². The van der Waals surface area contributed by atoms with Gasteiger partial charge >= 0.3 is 0 Å². The number of benzene rings is 2. The number of hydrogen-bond acceptors (Lipinski definition) is 3. The molecule has 0 saturated carbocycles. The van der Waals surface area contributed by atoms with Gasteiger partial charge in [0.2, 0.25) is 11.8 Å². The van der Waals surface area contributed by atoms with Crippen molar-refractivity contribution < 1.29 is 27.2 Å². The van der Waals surface area contributed by atoms with Crippen LogP contribution in [0.15, 0.2) is 34.9 Å². The normalized spacial score (nSPS) is 11.0. The van der Waals surface area contributed by atoms with E-state index in [4.69, 9.17) is 4.42 Å². The summed E-state index contributed by atoms with van der Waals surface area (Å²) in [5.74, 6) is -5.52.